The molecule has 1 aromatic rings. The van der Waals surface area contributed by atoms with Gasteiger partial charge in [0.1, 0.15) is 5.75 Å². The highest BCUT2D eigenvalue weighted by atomic mass is 16.3. The number of nitrogens with one attached hydrogen (secondary N) is 1. The van der Waals surface area contributed by atoms with Gasteiger partial charge in [-0.1, -0.05) is 17.7 Å². The normalized spacial score (nSPS) is 13.8. The van der Waals surface area contributed by atoms with Gasteiger partial charge in [-0.05, 0) is 33.8 Å². The number of phenols is 1. The molecule has 0 saturated carbocycles. The number of aromatic hydroxyl groups is 1. The van der Waals surface area contributed by atoms with Crippen LogP contribution < -0.4 is 5.32 Å². The van der Waals surface area contributed by atoms with E-state index in [9.17, 15) is 10.2 Å². The summed E-state index contributed by atoms with van der Waals surface area (Å²) in [6, 6.07) is 5.51. The van der Waals surface area contributed by atoms with Crippen molar-refractivity contribution in [2.75, 3.05) is 0 Å². The second kappa shape index (κ2) is 4.85. The van der Waals surface area contributed by atoms with Crippen LogP contribution in [0.4, 0.5) is 0 Å². The fourth-order valence-electron chi connectivity index (χ4n) is 1.33. The molecule has 0 heterocycles. The van der Waals surface area contributed by atoms with E-state index in [0.717, 1.165) is 11.1 Å². The van der Waals surface area contributed by atoms with E-state index in [1.165, 1.54) is 0 Å². The maximum atomic E-state index is 9.67. The first-order valence-electron chi connectivity index (χ1n) is 5.54. The molecule has 0 saturated heterocycles. The quantitative estimate of drug-likeness (QED) is 0.731. The SMILES string of the molecule is Cc1ccc(O)c(CNC(C)(C)C(C)O)c1. The highest BCUT2D eigenvalue weighted by Crippen LogP contribution is 2.19. The molecule has 0 aromatic heterocycles. The van der Waals surface area contributed by atoms with Crippen LogP contribution in [0.1, 0.15) is 31.9 Å². The molecule has 1 atom stereocenters. The van der Waals surface area contributed by atoms with Gasteiger partial charge in [0.2, 0.25) is 0 Å². The summed E-state index contributed by atoms with van der Waals surface area (Å²) < 4.78 is 0. The number of aliphatic hydroxyl groups excluding tert-OH is 1. The molecule has 0 radical (unpaired) electrons. The Labute approximate surface area is 97.1 Å². The predicted molar refractivity (Wildman–Crippen MR) is 65.4 cm³/mol. The Bertz CT molecular complexity index is 359. The van der Waals surface area contributed by atoms with Crippen LogP contribution in [-0.4, -0.2) is 21.9 Å². The van der Waals surface area contributed by atoms with Crippen LogP contribution in [0.25, 0.3) is 0 Å². The summed E-state index contributed by atoms with van der Waals surface area (Å²) >= 11 is 0. The molecule has 3 N–H and O–H groups in total. The third kappa shape index (κ3) is 3.22. The van der Waals surface area contributed by atoms with Crippen molar-refractivity contribution in [3.05, 3.63) is 29.3 Å². The highest BCUT2D eigenvalue weighted by Gasteiger charge is 2.23. The molecule has 3 nitrogen and oxygen atoms in total. The van der Waals surface area contributed by atoms with Crippen molar-refractivity contribution in [3.8, 4) is 5.75 Å². The van der Waals surface area contributed by atoms with Gasteiger partial charge in [-0.25, -0.2) is 0 Å². The number of aryl methyl sites for hydroxylation is 1. The van der Waals surface area contributed by atoms with E-state index in [1.807, 2.05) is 32.9 Å². The molecule has 0 bridgehead atoms. The average molecular weight is 223 g/mol. The Hall–Kier alpha value is -1.06. The standard InChI is InChI=1S/C13H21NO2/c1-9-5-6-12(16)11(7-9)8-14-13(3,4)10(2)15/h5-7,10,14-16H,8H2,1-4H3. The Balaban J connectivity index is 2.71. The molecule has 1 unspecified atom stereocenters. The molecule has 1 rings (SSSR count). The predicted octanol–water partition coefficient (Wildman–Crippen LogP) is 1.95. The Morgan fingerprint density at radius 3 is 2.56 bits per heavy atom. The van der Waals surface area contributed by atoms with E-state index >= 15 is 0 Å². The second-order valence-corrected chi connectivity index (χ2v) is 4.88. The van der Waals surface area contributed by atoms with Crippen LogP contribution in [0.3, 0.4) is 0 Å². The summed E-state index contributed by atoms with van der Waals surface area (Å²) in [6.45, 7) is 8.16. The summed E-state index contributed by atoms with van der Waals surface area (Å²) in [6.07, 6.45) is -0.445. The zero-order valence-corrected chi connectivity index (χ0v) is 10.4. The van der Waals surface area contributed by atoms with Crippen molar-refractivity contribution in [2.45, 2.75) is 45.9 Å². The lowest BCUT2D eigenvalue weighted by molar-refractivity contribution is 0.0955. The third-order valence-electron chi connectivity index (χ3n) is 3.01. The van der Waals surface area contributed by atoms with Gasteiger partial charge in [0.15, 0.2) is 0 Å². The molecular formula is C13H21NO2. The lowest BCUT2D eigenvalue weighted by Crippen LogP contribution is -2.47. The minimum atomic E-state index is -0.445. The summed E-state index contributed by atoms with van der Waals surface area (Å²) in [4.78, 5) is 0. The second-order valence-electron chi connectivity index (χ2n) is 4.88. The maximum Gasteiger partial charge on any atom is 0.120 e. The molecule has 0 aliphatic heterocycles. The molecular weight excluding hydrogens is 202 g/mol. The van der Waals surface area contributed by atoms with Crippen LogP contribution in [0.15, 0.2) is 18.2 Å². The molecule has 0 amide bonds. The first-order valence-corrected chi connectivity index (χ1v) is 5.54. The molecule has 0 aliphatic carbocycles. The third-order valence-corrected chi connectivity index (χ3v) is 3.01. The average Bonchev–Trinajstić information content (AvgIpc) is 2.19. The smallest absolute Gasteiger partial charge is 0.120 e. The van der Waals surface area contributed by atoms with E-state index < -0.39 is 6.10 Å². The maximum absolute atomic E-state index is 9.67. The van der Waals surface area contributed by atoms with E-state index in [4.69, 9.17) is 0 Å². The molecule has 0 aliphatic rings. The Morgan fingerprint density at radius 2 is 2.00 bits per heavy atom. The van der Waals surface area contributed by atoms with Crippen molar-refractivity contribution in [3.63, 3.8) is 0 Å². The zero-order chi connectivity index (χ0) is 12.3. The Kier molecular flexibility index (Phi) is 3.94. The van der Waals surface area contributed by atoms with Crippen LogP contribution >= 0.6 is 0 Å². The number of hydrogen-bond donors (Lipinski definition) is 3. The van der Waals surface area contributed by atoms with Gasteiger partial charge in [0, 0.05) is 17.6 Å². The molecule has 16 heavy (non-hydrogen) atoms. The number of phenolic OH excluding ortho intramolecular Hbond substituents is 1. The van der Waals surface area contributed by atoms with Gasteiger partial charge < -0.3 is 15.5 Å². The topological polar surface area (TPSA) is 52.5 Å². The van der Waals surface area contributed by atoms with Gasteiger partial charge in [-0.15, -0.1) is 0 Å². The molecule has 0 spiro atoms. The van der Waals surface area contributed by atoms with Gasteiger partial charge >= 0.3 is 0 Å². The van der Waals surface area contributed by atoms with Crippen molar-refractivity contribution < 1.29 is 10.2 Å². The van der Waals surface area contributed by atoms with Crippen LogP contribution in [-0.2, 0) is 6.54 Å². The minimum Gasteiger partial charge on any atom is -0.508 e. The van der Waals surface area contributed by atoms with Crippen LogP contribution in [0, 0.1) is 6.92 Å². The van der Waals surface area contributed by atoms with E-state index in [0.29, 0.717) is 12.3 Å². The van der Waals surface area contributed by atoms with Gasteiger partial charge in [-0.2, -0.15) is 0 Å². The lowest BCUT2D eigenvalue weighted by Gasteiger charge is -2.29. The Morgan fingerprint density at radius 1 is 1.38 bits per heavy atom. The van der Waals surface area contributed by atoms with Crippen LogP contribution in [0.2, 0.25) is 0 Å². The van der Waals surface area contributed by atoms with E-state index in [2.05, 4.69) is 5.32 Å². The van der Waals surface area contributed by atoms with Gasteiger partial charge in [0.05, 0.1) is 6.10 Å². The van der Waals surface area contributed by atoms with Crippen LogP contribution in [0.5, 0.6) is 5.75 Å². The lowest BCUT2D eigenvalue weighted by atomic mass is 9.98. The van der Waals surface area contributed by atoms with Gasteiger partial charge in [0.25, 0.3) is 0 Å². The fourth-order valence-corrected chi connectivity index (χ4v) is 1.33. The first-order chi connectivity index (χ1) is 7.33. The van der Waals surface area contributed by atoms with Crippen molar-refractivity contribution in [2.24, 2.45) is 0 Å². The zero-order valence-electron chi connectivity index (χ0n) is 10.4. The van der Waals surface area contributed by atoms with Gasteiger partial charge in [-0.3, -0.25) is 0 Å². The molecule has 1 aromatic carbocycles. The monoisotopic (exact) mass is 223 g/mol. The number of benzene rings is 1. The number of rotatable bonds is 4. The summed E-state index contributed by atoms with van der Waals surface area (Å²) in [5.74, 6) is 0.291. The molecule has 90 valence electrons. The van der Waals surface area contributed by atoms with Crippen molar-refractivity contribution >= 4 is 0 Å². The van der Waals surface area contributed by atoms with E-state index in [1.54, 1.807) is 13.0 Å². The largest absolute Gasteiger partial charge is 0.508 e. The highest BCUT2D eigenvalue weighted by molar-refractivity contribution is 5.35. The summed E-state index contributed by atoms with van der Waals surface area (Å²) in [7, 11) is 0. The first kappa shape index (κ1) is 13.0. The molecule has 3 heteroatoms. The van der Waals surface area contributed by atoms with Crippen molar-refractivity contribution in [1.29, 1.82) is 0 Å². The summed E-state index contributed by atoms with van der Waals surface area (Å²) in [5.41, 5.74) is 1.61. The molecule has 0 fully saturated rings. The number of aliphatic hydroxyl groups is 1. The van der Waals surface area contributed by atoms with E-state index in [-0.39, 0.29) is 5.54 Å². The van der Waals surface area contributed by atoms with Crippen molar-refractivity contribution in [1.82, 2.24) is 5.32 Å². The summed E-state index contributed by atoms with van der Waals surface area (Å²) in [5, 5.41) is 22.5. The number of hydrogen-bond acceptors (Lipinski definition) is 3. The fraction of sp³-hybridized carbons (Fsp3) is 0.538. The minimum absolute atomic E-state index is 0.291.